The minimum Gasteiger partial charge on any atom is -0.478 e. The predicted molar refractivity (Wildman–Crippen MR) is 136 cm³/mol. The number of allylic oxidation sites excluding steroid dienone is 1. The molecule has 1 fully saturated rings. The Labute approximate surface area is 203 Å². The molecule has 4 heteroatoms. The van der Waals surface area contributed by atoms with Crippen molar-refractivity contribution in [3.63, 3.8) is 0 Å². The topological polar surface area (TPSA) is 37.3 Å². The van der Waals surface area contributed by atoms with Gasteiger partial charge in [-0.25, -0.2) is 13.6 Å². The van der Waals surface area contributed by atoms with Gasteiger partial charge in [-0.2, -0.15) is 0 Å². The fraction of sp³-hybridized carbons (Fsp3) is 0.500. The van der Waals surface area contributed by atoms with Crippen molar-refractivity contribution in [3.8, 4) is 11.1 Å². The Morgan fingerprint density at radius 3 is 2.24 bits per heavy atom. The molecule has 0 aliphatic heterocycles. The van der Waals surface area contributed by atoms with Crippen molar-refractivity contribution in [2.75, 3.05) is 0 Å². The summed E-state index contributed by atoms with van der Waals surface area (Å²) in [6.07, 6.45) is 11.0. The highest BCUT2D eigenvalue weighted by Crippen LogP contribution is 2.38. The van der Waals surface area contributed by atoms with Gasteiger partial charge in [0.25, 0.3) is 0 Å². The van der Waals surface area contributed by atoms with Crippen LogP contribution < -0.4 is 0 Å². The lowest BCUT2D eigenvalue weighted by atomic mass is 9.77. The van der Waals surface area contributed by atoms with Crippen LogP contribution in [0.1, 0.15) is 112 Å². The fourth-order valence-electron chi connectivity index (χ4n) is 5.21. The molecule has 0 radical (unpaired) electrons. The maximum atomic E-state index is 14.8. The molecule has 1 N–H and O–H groups in total. The molecule has 3 rings (SSSR count). The first-order chi connectivity index (χ1) is 16.4. The number of carboxylic acid groups (broad SMARTS) is 1. The van der Waals surface area contributed by atoms with Crippen LogP contribution in [-0.2, 0) is 0 Å². The summed E-state index contributed by atoms with van der Waals surface area (Å²) in [6.45, 7) is 4.32. The Hall–Kier alpha value is -2.49. The lowest BCUT2D eigenvalue weighted by Gasteiger charge is -2.28. The number of halogens is 2. The van der Waals surface area contributed by atoms with Gasteiger partial charge in [0, 0.05) is 12.0 Å². The van der Waals surface area contributed by atoms with Gasteiger partial charge in [0.2, 0.25) is 0 Å². The van der Waals surface area contributed by atoms with Gasteiger partial charge in [0.1, 0.15) is 5.83 Å². The number of hydrogen-bond acceptors (Lipinski definition) is 1. The molecule has 2 nitrogen and oxygen atoms in total. The Morgan fingerprint density at radius 2 is 1.62 bits per heavy atom. The van der Waals surface area contributed by atoms with Crippen LogP contribution in [-0.4, -0.2) is 11.1 Å². The molecular formula is C30H38F2O2. The van der Waals surface area contributed by atoms with E-state index in [4.69, 9.17) is 0 Å². The van der Waals surface area contributed by atoms with E-state index in [9.17, 15) is 18.7 Å². The van der Waals surface area contributed by atoms with Gasteiger partial charge < -0.3 is 5.11 Å². The molecule has 184 valence electrons. The van der Waals surface area contributed by atoms with Crippen molar-refractivity contribution in [1.82, 2.24) is 0 Å². The van der Waals surface area contributed by atoms with Gasteiger partial charge in [-0.05, 0) is 72.8 Å². The Bertz CT molecular complexity index is 970. The largest absolute Gasteiger partial charge is 0.478 e. The summed E-state index contributed by atoms with van der Waals surface area (Å²) in [5.74, 6) is -1.36. The van der Waals surface area contributed by atoms with E-state index in [1.807, 2.05) is 12.1 Å². The summed E-state index contributed by atoms with van der Waals surface area (Å²) in [4.78, 5) is 11.8. The van der Waals surface area contributed by atoms with Crippen molar-refractivity contribution in [1.29, 1.82) is 0 Å². The van der Waals surface area contributed by atoms with E-state index in [0.29, 0.717) is 23.5 Å². The predicted octanol–water partition coefficient (Wildman–Crippen LogP) is 9.70. The molecule has 34 heavy (non-hydrogen) atoms. The quantitative estimate of drug-likeness (QED) is 0.333. The van der Waals surface area contributed by atoms with E-state index < -0.39 is 17.6 Å². The molecule has 1 aliphatic rings. The third kappa shape index (κ3) is 6.77. The maximum Gasteiger partial charge on any atom is 0.336 e. The molecular weight excluding hydrogens is 430 g/mol. The van der Waals surface area contributed by atoms with Crippen LogP contribution in [0.4, 0.5) is 8.78 Å². The molecule has 0 saturated heterocycles. The van der Waals surface area contributed by atoms with Crippen LogP contribution in [0.2, 0.25) is 0 Å². The number of carboxylic acids is 1. The first-order valence-corrected chi connectivity index (χ1v) is 13.0. The molecule has 0 spiro atoms. The Morgan fingerprint density at radius 1 is 0.912 bits per heavy atom. The summed E-state index contributed by atoms with van der Waals surface area (Å²) in [5, 5.41) is 9.68. The number of aromatic carboxylic acids is 1. The van der Waals surface area contributed by atoms with Gasteiger partial charge >= 0.3 is 5.97 Å². The van der Waals surface area contributed by atoms with E-state index in [1.165, 1.54) is 62.3 Å². The summed E-state index contributed by atoms with van der Waals surface area (Å²) in [6, 6.07) is 12.2. The molecule has 1 saturated carbocycles. The van der Waals surface area contributed by atoms with Crippen molar-refractivity contribution in [2.24, 2.45) is 5.92 Å². The third-order valence-electron chi connectivity index (χ3n) is 7.23. The van der Waals surface area contributed by atoms with Crippen LogP contribution in [0.3, 0.4) is 0 Å². The SMILES string of the molecule is CCCCCC/C(F)=C(\F)c1ccc(C(=O)O)c(-c2ccc(C3CCC(CCC)CC3)cc2)c1. The molecule has 0 amide bonds. The highest BCUT2D eigenvalue weighted by Gasteiger charge is 2.22. The molecule has 0 atom stereocenters. The van der Waals surface area contributed by atoms with Crippen LogP contribution in [0, 0.1) is 5.92 Å². The highest BCUT2D eigenvalue weighted by atomic mass is 19.2. The Balaban J connectivity index is 1.80. The summed E-state index contributed by atoms with van der Waals surface area (Å²) in [5.41, 5.74) is 2.57. The first-order valence-electron chi connectivity index (χ1n) is 13.0. The third-order valence-corrected chi connectivity index (χ3v) is 7.23. The van der Waals surface area contributed by atoms with Gasteiger partial charge in [-0.15, -0.1) is 0 Å². The standard InChI is InChI=1S/C30H38F2O2/c1-3-5-6-7-9-28(31)29(32)25-18-19-26(30(33)34)27(20-25)24-16-14-23(15-17-24)22-12-10-21(8-4-2)11-13-22/h14-22H,3-13H2,1-2H3,(H,33,34)/b29-28+. The molecule has 0 bridgehead atoms. The van der Waals surface area contributed by atoms with Gasteiger partial charge in [0.05, 0.1) is 5.56 Å². The van der Waals surface area contributed by atoms with Crippen LogP contribution in [0.15, 0.2) is 48.3 Å². The van der Waals surface area contributed by atoms with E-state index >= 15 is 0 Å². The zero-order chi connectivity index (χ0) is 24.5. The second kappa shape index (κ2) is 12.8. The lowest BCUT2D eigenvalue weighted by Crippen LogP contribution is -2.13. The maximum absolute atomic E-state index is 14.8. The summed E-state index contributed by atoms with van der Waals surface area (Å²) >= 11 is 0. The van der Waals surface area contributed by atoms with E-state index in [2.05, 4.69) is 26.0 Å². The molecule has 0 heterocycles. The number of benzene rings is 2. The van der Waals surface area contributed by atoms with Crippen LogP contribution in [0.25, 0.3) is 17.0 Å². The van der Waals surface area contributed by atoms with Crippen molar-refractivity contribution >= 4 is 11.8 Å². The monoisotopic (exact) mass is 468 g/mol. The molecule has 2 aromatic rings. The molecule has 1 aliphatic carbocycles. The van der Waals surface area contributed by atoms with Gasteiger partial charge in [0.15, 0.2) is 5.83 Å². The van der Waals surface area contributed by atoms with Crippen molar-refractivity contribution in [3.05, 3.63) is 65.0 Å². The minimum absolute atomic E-state index is 0.0665. The summed E-state index contributed by atoms with van der Waals surface area (Å²) < 4.78 is 29.2. The number of unbranched alkanes of at least 4 members (excludes halogenated alkanes) is 3. The Kier molecular flexibility index (Phi) is 9.86. The minimum atomic E-state index is -1.08. The zero-order valence-corrected chi connectivity index (χ0v) is 20.6. The van der Waals surface area contributed by atoms with Crippen LogP contribution in [0.5, 0.6) is 0 Å². The first kappa shape index (κ1) is 26.1. The van der Waals surface area contributed by atoms with Gasteiger partial charge in [-0.1, -0.05) is 76.3 Å². The van der Waals surface area contributed by atoms with Gasteiger partial charge in [-0.3, -0.25) is 0 Å². The molecule has 0 unspecified atom stereocenters. The fourth-order valence-corrected chi connectivity index (χ4v) is 5.21. The average molecular weight is 469 g/mol. The lowest BCUT2D eigenvalue weighted by molar-refractivity contribution is 0.0697. The zero-order valence-electron chi connectivity index (χ0n) is 20.6. The van der Waals surface area contributed by atoms with E-state index in [0.717, 1.165) is 25.2 Å². The smallest absolute Gasteiger partial charge is 0.336 e. The van der Waals surface area contributed by atoms with Crippen molar-refractivity contribution in [2.45, 2.75) is 90.4 Å². The highest BCUT2D eigenvalue weighted by molar-refractivity contribution is 5.96. The number of carbonyl (C=O) groups is 1. The van der Waals surface area contributed by atoms with Crippen molar-refractivity contribution < 1.29 is 18.7 Å². The number of hydrogen-bond donors (Lipinski definition) is 1. The molecule has 2 aromatic carbocycles. The average Bonchev–Trinajstić information content (AvgIpc) is 2.86. The number of rotatable bonds is 11. The normalized spacial score (nSPS) is 19.1. The second-order valence-electron chi connectivity index (χ2n) is 9.72. The molecule has 0 aromatic heterocycles. The summed E-state index contributed by atoms with van der Waals surface area (Å²) in [7, 11) is 0. The van der Waals surface area contributed by atoms with E-state index in [1.54, 1.807) is 0 Å². The van der Waals surface area contributed by atoms with E-state index in [-0.39, 0.29) is 17.5 Å². The van der Waals surface area contributed by atoms with Crippen LogP contribution >= 0.6 is 0 Å². The second-order valence-corrected chi connectivity index (χ2v) is 9.72.